The van der Waals surface area contributed by atoms with Crippen molar-refractivity contribution in [3.05, 3.63) is 0 Å². The molecule has 11 heavy (non-hydrogen) atoms. The van der Waals surface area contributed by atoms with Crippen molar-refractivity contribution in [1.29, 1.82) is 0 Å². The highest BCUT2D eigenvalue weighted by Crippen LogP contribution is 2.18. The van der Waals surface area contributed by atoms with Gasteiger partial charge >= 0.3 is 0 Å². The molecular weight excluding hydrogens is 164 g/mol. The second kappa shape index (κ2) is 5.83. The third-order valence-electron chi connectivity index (χ3n) is 1.57. The van der Waals surface area contributed by atoms with Gasteiger partial charge in [-0.2, -0.15) is 12.6 Å². The molecule has 0 amide bonds. The van der Waals surface area contributed by atoms with Crippen LogP contribution in [0.15, 0.2) is 0 Å². The van der Waals surface area contributed by atoms with Gasteiger partial charge in [0.1, 0.15) is 0 Å². The van der Waals surface area contributed by atoms with E-state index in [-0.39, 0.29) is 0 Å². The van der Waals surface area contributed by atoms with Crippen molar-refractivity contribution in [2.75, 3.05) is 27.1 Å². The van der Waals surface area contributed by atoms with E-state index in [0.717, 1.165) is 12.2 Å². The quantitative estimate of drug-likeness (QED) is 0.493. The predicted molar refractivity (Wildman–Crippen MR) is 46.8 cm³/mol. The molecule has 0 saturated heterocycles. The molecule has 0 aromatic heterocycles. The van der Waals surface area contributed by atoms with Gasteiger partial charge < -0.3 is 14.2 Å². The maximum absolute atomic E-state index is 5.06. The van der Waals surface area contributed by atoms with Crippen LogP contribution in [0.1, 0.15) is 12.8 Å². The van der Waals surface area contributed by atoms with Crippen LogP contribution in [-0.4, -0.2) is 33.1 Å². The third kappa shape index (κ3) is 3.42. The molecule has 0 aliphatic carbocycles. The molecular formula is C7H16O3S. The second-order valence-corrected chi connectivity index (χ2v) is 2.57. The van der Waals surface area contributed by atoms with Crippen molar-refractivity contribution in [1.82, 2.24) is 0 Å². The Bertz CT molecular complexity index is 85.4. The summed E-state index contributed by atoms with van der Waals surface area (Å²) in [6.45, 7) is 0. The fourth-order valence-electron chi connectivity index (χ4n) is 0.852. The molecule has 3 nitrogen and oxygen atoms in total. The summed E-state index contributed by atoms with van der Waals surface area (Å²) in [5.41, 5.74) is 0. The molecule has 0 rings (SSSR count). The van der Waals surface area contributed by atoms with Gasteiger partial charge in [0.2, 0.25) is 0 Å². The zero-order valence-corrected chi connectivity index (χ0v) is 8.19. The normalized spacial score (nSPS) is 12.0. The van der Waals surface area contributed by atoms with Gasteiger partial charge in [-0.05, 0) is 12.2 Å². The Morgan fingerprint density at radius 3 is 1.82 bits per heavy atom. The van der Waals surface area contributed by atoms with Crippen molar-refractivity contribution in [3.63, 3.8) is 0 Å². The molecule has 0 fully saturated rings. The minimum Gasteiger partial charge on any atom is -0.331 e. The molecule has 0 atom stereocenters. The van der Waals surface area contributed by atoms with Crippen molar-refractivity contribution in [3.8, 4) is 0 Å². The lowest BCUT2D eigenvalue weighted by molar-refractivity contribution is -0.354. The number of thiol groups is 1. The summed E-state index contributed by atoms with van der Waals surface area (Å²) < 4.78 is 15.2. The van der Waals surface area contributed by atoms with Crippen LogP contribution in [0.5, 0.6) is 0 Å². The maximum Gasteiger partial charge on any atom is 0.282 e. The summed E-state index contributed by atoms with van der Waals surface area (Å²) in [4.78, 5) is 0. The number of hydrogen-bond donors (Lipinski definition) is 1. The minimum absolute atomic E-state index is 0.694. The summed E-state index contributed by atoms with van der Waals surface area (Å²) in [7, 11) is 4.68. The van der Waals surface area contributed by atoms with Gasteiger partial charge in [0.05, 0.1) is 0 Å². The maximum atomic E-state index is 5.06. The van der Waals surface area contributed by atoms with Crippen molar-refractivity contribution >= 4 is 12.6 Å². The van der Waals surface area contributed by atoms with Gasteiger partial charge in [-0.1, -0.05) is 0 Å². The van der Waals surface area contributed by atoms with Crippen LogP contribution < -0.4 is 0 Å². The van der Waals surface area contributed by atoms with Gasteiger partial charge in [0.25, 0.3) is 5.97 Å². The number of ether oxygens (including phenoxy) is 3. The first-order valence-corrected chi connectivity index (χ1v) is 4.14. The van der Waals surface area contributed by atoms with Crippen LogP contribution in [0.4, 0.5) is 0 Å². The SMILES string of the molecule is COC(CCCS)(OC)OC. The highest BCUT2D eigenvalue weighted by atomic mass is 32.1. The average molecular weight is 180 g/mol. The summed E-state index contributed by atoms with van der Waals surface area (Å²) in [6.07, 6.45) is 1.60. The summed E-state index contributed by atoms with van der Waals surface area (Å²) in [5, 5.41) is 0. The lowest BCUT2D eigenvalue weighted by Crippen LogP contribution is -2.35. The monoisotopic (exact) mass is 180 g/mol. The van der Waals surface area contributed by atoms with E-state index in [9.17, 15) is 0 Å². The van der Waals surface area contributed by atoms with Crippen LogP contribution in [0.25, 0.3) is 0 Å². The molecule has 0 spiro atoms. The second-order valence-electron chi connectivity index (χ2n) is 2.12. The Kier molecular flexibility index (Phi) is 5.95. The molecule has 0 aliphatic rings. The van der Waals surface area contributed by atoms with E-state index in [2.05, 4.69) is 12.6 Å². The Labute approximate surface area is 73.4 Å². The van der Waals surface area contributed by atoms with Crippen molar-refractivity contribution in [2.24, 2.45) is 0 Å². The summed E-state index contributed by atoms with van der Waals surface area (Å²) >= 11 is 4.08. The first kappa shape index (κ1) is 11.2. The first-order valence-electron chi connectivity index (χ1n) is 3.51. The summed E-state index contributed by atoms with van der Waals surface area (Å²) in [6, 6.07) is 0. The molecule has 4 heteroatoms. The molecule has 0 unspecified atom stereocenters. The third-order valence-corrected chi connectivity index (χ3v) is 1.89. The van der Waals surface area contributed by atoms with Crippen LogP contribution in [0.3, 0.4) is 0 Å². The number of hydrogen-bond acceptors (Lipinski definition) is 4. The van der Waals surface area contributed by atoms with Gasteiger partial charge in [0.15, 0.2) is 0 Å². The molecule has 0 heterocycles. The van der Waals surface area contributed by atoms with Crippen molar-refractivity contribution < 1.29 is 14.2 Å². The summed E-state index contributed by atoms with van der Waals surface area (Å²) in [5.74, 6) is -0.0689. The highest BCUT2D eigenvalue weighted by molar-refractivity contribution is 7.80. The van der Waals surface area contributed by atoms with Gasteiger partial charge in [-0.25, -0.2) is 0 Å². The zero-order valence-electron chi connectivity index (χ0n) is 7.29. The van der Waals surface area contributed by atoms with E-state index in [1.807, 2.05) is 0 Å². The molecule has 68 valence electrons. The van der Waals surface area contributed by atoms with Crippen LogP contribution in [0, 0.1) is 0 Å². The number of rotatable bonds is 6. The van der Waals surface area contributed by atoms with Crippen LogP contribution >= 0.6 is 12.6 Å². The molecule has 0 aliphatic heterocycles. The molecule has 0 saturated carbocycles. The Hall–Kier alpha value is 0.230. The van der Waals surface area contributed by atoms with E-state index in [1.165, 1.54) is 0 Å². The Morgan fingerprint density at radius 1 is 1.09 bits per heavy atom. The average Bonchev–Trinajstić information content (AvgIpc) is 2.08. The Balaban J connectivity index is 3.84. The molecule has 0 aromatic rings. The highest BCUT2D eigenvalue weighted by Gasteiger charge is 2.28. The largest absolute Gasteiger partial charge is 0.331 e. The zero-order chi connectivity index (χ0) is 8.74. The lowest BCUT2D eigenvalue weighted by Gasteiger charge is -2.28. The van der Waals surface area contributed by atoms with E-state index < -0.39 is 5.97 Å². The molecule has 0 N–H and O–H groups in total. The van der Waals surface area contributed by atoms with Gasteiger partial charge in [0, 0.05) is 27.8 Å². The first-order chi connectivity index (χ1) is 5.24. The fraction of sp³-hybridized carbons (Fsp3) is 1.00. The van der Waals surface area contributed by atoms with E-state index in [1.54, 1.807) is 21.3 Å². The van der Waals surface area contributed by atoms with Crippen LogP contribution in [0.2, 0.25) is 0 Å². The fourth-order valence-corrected chi connectivity index (χ4v) is 1.01. The number of methoxy groups -OCH3 is 3. The molecule has 0 bridgehead atoms. The van der Waals surface area contributed by atoms with E-state index >= 15 is 0 Å². The van der Waals surface area contributed by atoms with E-state index in [0.29, 0.717) is 6.42 Å². The standard InChI is InChI=1S/C7H16O3S/c1-8-7(9-2,10-3)5-4-6-11/h11H,4-6H2,1-3H3. The molecule has 0 aromatic carbocycles. The topological polar surface area (TPSA) is 27.7 Å². The lowest BCUT2D eigenvalue weighted by atomic mass is 10.3. The Morgan fingerprint density at radius 2 is 1.55 bits per heavy atom. The van der Waals surface area contributed by atoms with Crippen molar-refractivity contribution in [2.45, 2.75) is 18.8 Å². The van der Waals surface area contributed by atoms with Gasteiger partial charge in [-0.15, -0.1) is 0 Å². The smallest absolute Gasteiger partial charge is 0.282 e. The predicted octanol–water partition coefficient (Wildman–Crippen LogP) is 1.29. The molecule has 0 radical (unpaired) electrons. The van der Waals surface area contributed by atoms with Gasteiger partial charge in [-0.3, -0.25) is 0 Å². The van der Waals surface area contributed by atoms with Crippen LogP contribution in [-0.2, 0) is 14.2 Å². The van der Waals surface area contributed by atoms with E-state index in [4.69, 9.17) is 14.2 Å². The minimum atomic E-state index is -0.872.